The number of rotatable bonds is 9. The van der Waals surface area contributed by atoms with Crippen molar-refractivity contribution in [3.63, 3.8) is 0 Å². The zero-order chi connectivity index (χ0) is 26.4. The molecule has 1 aliphatic heterocycles. The lowest BCUT2D eigenvalue weighted by Crippen LogP contribution is -2.49. The second-order valence-electron chi connectivity index (χ2n) is 10.2. The molecule has 0 aromatic heterocycles. The van der Waals surface area contributed by atoms with Gasteiger partial charge in [0.25, 0.3) is 11.8 Å². The predicted octanol–water partition coefficient (Wildman–Crippen LogP) is 5.54. The highest BCUT2D eigenvalue weighted by Gasteiger charge is 2.36. The van der Waals surface area contributed by atoms with Gasteiger partial charge in [-0.25, -0.2) is 8.42 Å². The summed E-state index contributed by atoms with van der Waals surface area (Å²) >= 11 is 0. The number of sulfonamides is 1. The van der Waals surface area contributed by atoms with Crippen LogP contribution in [-0.4, -0.2) is 55.1 Å². The Morgan fingerprint density at radius 2 is 1.46 bits per heavy atom. The first-order chi connectivity index (χ1) is 17.8. The Bertz CT molecular complexity index is 1170. The standard InChI is InChI=1S/C29H39N3O4S/c1-3-19-31(20-4-2)37(35,36)26-17-13-23(14-18-26)28(33)30-25-15-11-24(12-16-25)29(34)32-21-7-9-22-8-5-6-10-27(22)32/h11-18,22,27H,3-10,19-21H2,1-2H3,(H,30,33)/t22-,27+/m1/s1. The van der Waals surface area contributed by atoms with Crippen LogP contribution in [0.2, 0.25) is 0 Å². The van der Waals surface area contributed by atoms with Crippen LogP contribution in [0.1, 0.15) is 85.9 Å². The van der Waals surface area contributed by atoms with Crippen LogP contribution >= 0.6 is 0 Å². The topological polar surface area (TPSA) is 86.8 Å². The Morgan fingerprint density at radius 1 is 0.865 bits per heavy atom. The number of hydrogen-bond acceptors (Lipinski definition) is 4. The maximum atomic E-state index is 13.2. The van der Waals surface area contributed by atoms with E-state index in [4.69, 9.17) is 0 Å². The molecule has 2 fully saturated rings. The highest BCUT2D eigenvalue weighted by molar-refractivity contribution is 7.89. The lowest BCUT2D eigenvalue weighted by Gasteiger charge is -2.44. The van der Waals surface area contributed by atoms with E-state index in [2.05, 4.69) is 10.2 Å². The molecule has 2 amide bonds. The largest absolute Gasteiger partial charge is 0.335 e. The van der Waals surface area contributed by atoms with Crippen LogP contribution in [0.5, 0.6) is 0 Å². The number of anilines is 1. The number of nitrogens with one attached hydrogen (secondary N) is 1. The molecule has 1 heterocycles. The van der Waals surface area contributed by atoms with Crippen molar-refractivity contribution in [1.29, 1.82) is 0 Å². The highest BCUT2D eigenvalue weighted by atomic mass is 32.2. The van der Waals surface area contributed by atoms with Gasteiger partial charge in [-0.05, 0) is 93.0 Å². The van der Waals surface area contributed by atoms with Gasteiger partial charge in [0.1, 0.15) is 0 Å². The zero-order valence-electron chi connectivity index (χ0n) is 22.0. The maximum absolute atomic E-state index is 13.2. The van der Waals surface area contributed by atoms with E-state index < -0.39 is 10.0 Å². The van der Waals surface area contributed by atoms with Crippen molar-refractivity contribution in [2.75, 3.05) is 25.0 Å². The van der Waals surface area contributed by atoms with Crippen LogP contribution < -0.4 is 5.32 Å². The molecule has 0 unspecified atom stereocenters. The van der Waals surface area contributed by atoms with Gasteiger partial charge in [0.2, 0.25) is 10.0 Å². The van der Waals surface area contributed by atoms with Crippen LogP contribution in [-0.2, 0) is 10.0 Å². The molecule has 1 saturated carbocycles. The molecule has 37 heavy (non-hydrogen) atoms. The fraction of sp³-hybridized carbons (Fsp3) is 0.517. The van der Waals surface area contributed by atoms with Crippen LogP contribution in [0.25, 0.3) is 0 Å². The molecular formula is C29H39N3O4S. The molecule has 1 N–H and O–H groups in total. The van der Waals surface area contributed by atoms with E-state index >= 15 is 0 Å². The molecule has 0 radical (unpaired) electrons. The van der Waals surface area contributed by atoms with Gasteiger partial charge in [-0.1, -0.05) is 26.7 Å². The van der Waals surface area contributed by atoms with Gasteiger partial charge in [0, 0.05) is 42.5 Å². The molecule has 4 rings (SSSR count). The fourth-order valence-corrected chi connectivity index (χ4v) is 7.34. The first-order valence-corrected chi connectivity index (χ1v) is 15.1. The average Bonchev–Trinajstić information content (AvgIpc) is 2.92. The fourth-order valence-electron chi connectivity index (χ4n) is 5.72. The number of likely N-dealkylation sites (tertiary alicyclic amines) is 1. The first kappa shape index (κ1) is 27.3. The number of hydrogen-bond donors (Lipinski definition) is 1. The Labute approximate surface area is 221 Å². The minimum atomic E-state index is -3.59. The molecule has 1 aliphatic carbocycles. The Hall–Kier alpha value is -2.71. The van der Waals surface area contributed by atoms with Crippen molar-refractivity contribution in [2.24, 2.45) is 5.92 Å². The summed E-state index contributed by atoms with van der Waals surface area (Å²) in [6.45, 7) is 5.66. The van der Waals surface area contributed by atoms with Gasteiger partial charge in [-0.2, -0.15) is 4.31 Å². The average molecular weight is 526 g/mol. The molecule has 1 saturated heterocycles. The van der Waals surface area contributed by atoms with Crippen molar-refractivity contribution in [3.05, 3.63) is 59.7 Å². The SMILES string of the molecule is CCCN(CCC)S(=O)(=O)c1ccc(C(=O)Nc2ccc(C(=O)N3CCC[C@H]4CCCC[C@@H]43)cc2)cc1. The van der Waals surface area contributed by atoms with Crippen molar-refractivity contribution >= 4 is 27.5 Å². The van der Waals surface area contributed by atoms with Gasteiger partial charge < -0.3 is 10.2 Å². The summed E-state index contributed by atoms with van der Waals surface area (Å²) in [5.74, 6) is 0.377. The smallest absolute Gasteiger partial charge is 0.255 e. The highest BCUT2D eigenvalue weighted by Crippen LogP contribution is 2.36. The van der Waals surface area contributed by atoms with E-state index in [1.807, 2.05) is 13.8 Å². The van der Waals surface area contributed by atoms with E-state index in [0.29, 0.717) is 41.9 Å². The number of carbonyl (C=O) groups is 2. The van der Waals surface area contributed by atoms with E-state index in [9.17, 15) is 18.0 Å². The third-order valence-corrected chi connectivity index (χ3v) is 9.51. The summed E-state index contributed by atoms with van der Waals surface area (Å²) in [6.07, 6.45) is 8.55. The second-order valence-corrected chi connectivity index (χ2v) is 12.2. The van der Waals surface area contributed by atoms with E-state index in [1.165, 1.54) is 54.3 Å². The molecule has 0 spiro atoms. The van der Waals surface area contributed by atoms with Gasteiger partial charge >= 0.3 is 0 Å². The molecule has 8 heteroatoms. The third kappa shape index (κ3) is 6.24. The maximum Gasteiger partial charge on any atom is 0.255 e. The molecule has 2 aliphatic rings. The first-order valence-electron chi connectivity index (χ1n) is 13.7. The van der Waals surface area contributed by atoms with Crippen molar-refractivity contribution in [2.45, 2.75) is 76.2 Å². The zero-order valence-corrected chi connectivity index (χ0v) is 22.8. The molecule has 2 aromatic rings. The van der Waals surface area contributed by atoms with Crippen LogP contribution in [0, 0.1) is 5.92 Å². The molecular weight excluding hydrogens is 486 g/mol. The lowest BCUT2D eigenvalue weighted by molar-refractivity contribution is 0.0390. The van der Waals surface area contributed by atoms with Gasteiger partial charge in [-0.15, -0.1) is 0 Å². The van der Waals surface area contributed by atoms with Crippen molar-refractivity contribution < 1.29 is 18.0 Å². The lowest BCUT2D eigenvalue weighted by atomic mass is 9.78. The Balaban J connectivity index is 1.39. The number of piperidine rings is 1. The van der Waals surface area contributed by atoms with Crippen molar-refractivity contribution in [3.8, 4) is 0 Å². The molecule has 200 valence electrons. The Morgan fingerprint density at radius 3 is 2.11 bits per heavy atom. The van der Waals surface area contributed by atoms with Crippen LogP contribution in [0.15, 0.2) is 53.4 Å². The molecule has 2 aromatic carbocycles. The number of nitrogens with zero attached hydrogens (tertiary/aromatic N) is 2. The summed E-state index contributed by atoms with van der Waals surface area (Å²) in [7, 11) is -3.59. The monoisotopic (exact) mass is 525 g/mol. The number of fused-ring (bicyclic) bond motifs is 1. The second kappa shape index (κ2) is 12.2. The summed E-state index contributed by atoms with van der Waals surface area (Å²) in [5, 5.41) is 2.85. The van der Waals surface area contributed by atoms with Crippen molar-refractivity contribution in [1.82, 2.24) is 9.21 Å². The van der Waals surface area contributed by atoms with Gasteiger partial charge in [-0.3, -0.25) is 9.59 Å². The van der Waals surface area contributed by atoms with Crippen LogP contribution in [0.3, 0.4) is 0 Å². The summed E-state index contributed by atoms with van der Waals surface area (Å²) < 4.78 is 27.4. The number of benzene rings is 2. The molecule has 2 atom stereocenters. The Kier molecular flexibility index (Phi) is 9.03. The summed E-state index contributed by atoms with van der Waals surface area (Å²) in [5.41, 5.74) is 1.60. The van der Waals surface area contributed by atoms with Gasteiger partial charge in [0.05, 0.1) is 4.90 Å². The molecule has 0 bridgehead atoms. The third-order valence-electron chi connectivity index (χ3n) is 7.59. The minimum absolute atomic E-state index is 0.0754. The summed E-state index contributed by atoms with van der Waals surface area (Å²) in [4.78, 5) is 28.3. The molecule has 7 nitrogen and oxygen atoms in total. The van der Waals surface area contributed by atoms with Gasteiger partial charge in [0.15, 0.2) is 0 Å². The van der Waals surface area contributed by atoms with Crippen LogP contribution in [0.4, 0.5) is 5.69 Å². The normalized spacial score (nSPS) is 19.9. The predicted molar refractivity (Wildman–Crippen MR) is 146 cm³/mol. The number of amides is 2. The minimum Gasteiger partial charge on any atom is -0.335 e. The van der Waals surface area contributed by atoms with E-state index in [0.717, 1.165) is 32.2 Å². The number of carbonyl (C=O) groups excluding carboxylic acids is 2. The van der Waals surface area contributed by atoms with E-state index in [-0.39, 0.29) is 16.7 Å². The summed E-state index contributed by atoms with van der Waals surface area (Å²) in [6, 6.07) is 13.5. The van der Waals surface area contributed by atoms with E-state index in [1.54, 1.807) is 24.3 Å². The quantitative estimate of drug-likeness (QED) is 0.465.